The number of H-pyrrole nitrogens is 1. The van der Waals surface area contributed by atoms with Gasteiger partial charge >= 0.3 is 0 Å². The van der Waals surface area contributed by atoms with E-state index in [0.29, 0.717) is 6.54 Å². The second-order valence-corrected chi connectivity index (χ2v) is 4.63. The summed E-state index contributed by atoms with van der Waals surface area (Å²) in [5, 5.41) is 0. The van der Waals surface area contributed by atoms with Gasteiger partial charge in [0, 0.05) is 12.1 Å². The summed E-state index contributed by atoms with van der Waals surface area (Å²) in [5.74, 6) is 0.863. The van der Waals surface area contributed by atoms with Crippen molar-refractivity contribution >= 4 is 0 Å². The van der Waals surface area contributed by atoms with E-state index in [1.807, 2.05) is 6.92 Å². The van der Waals surface area contributed by atoms with E-state index in [2.05, 4.69) is 42.0 Å². The first-order valence-electron chi connectivity index (χ1n) is 5.90. The van der Waals surface area contributed by atoms with E-state index >= 15 is 0 Å². The van der Waals surface area contributed by atoms with Crippen LogP contribution in [0.15, 0.2) is 18.2 Å². The van der Waals surface area contributed by atoms with Crippen LogP contribution in [0.25, 0.3) is 0 Å². The van der Waals surface area contributed by atoms with E-state index in [9.17, 15) is 0 Å². The third-order valence-electron chi connectivity index (χ3n) is 2.88. The zero-order chi connectivity index (χ0) is 12.4. The molecule has 1 aromatic heterocycles. The fourth-order valence-electron chi connectivity index (χ4n) is 2.20. The van der Waals surface area contributed by atoms with Gasteiger partial charge in [0.15, 0.2) is 0 Å². The largest absolute Gasteiger partial charge is 0.345 e. The molecule has 2 aromatic rings. The quantitative estimate of drug-likeness (QED) is 0.849. The highest BCUT2D eigenvalue weighted by molar-refractivity contribution is 5.32. The Morgan fingerprint density at radius 2 is 1.76 bits per heavy atom. The van der Waals surface area contributed by atoms with Crippen LogP contribution in [0.1, 0.15) is 33.9 Å². The number of nitrogens with two attached hydrogens (primary N) is 1. The predicted molar refractivity (Wildman–Crippen MR) is 69.9 cm³/mol. The lowest BCUT2D eigenvalue weighted by molar-refractivity contribution is 0.934. The molecule has 0 spiro atoms. The van der Waals surface area contributed by atoms with Crippen molar-refractivity contribution in [2.24, 2.45) is 5.73 Å². The minimum absolute atomic E-state index is 0.466. The molecule has 0 fully saturated rings. The molecule has 0 aliphatic rings. The first-order valence-corrected chi connectivity index (χ1v) is 5.90. The van der Waals surface area contributed by atoms with Gasteiger partial charge in [-0.05, 0) is 26.3 Å². The van der Waals surface area contributed by atoms with Gasteiger partial charge in [-0.15, -0.1) is 0 Å². The summed E-state index contributed by atoms with van der Waals surface area (Å²) in [6.45, 7) is 6.76. The fourth-order valence-corrected chi connectivity index (χ4v) is 2.20. The Labute approximate surface area is 102 Å². The molecule has 0 saturated heterocycles. The Morgan fingerprint density at radius 1 is 1.12 bits per heavy atom. The minimum Gasteiger partial charge on any atom is -0.345 e. The molecule has 1 heterocycles. The highest BCUT2D eigenvalue weighted by Crippen LogP contribution is 2.15. The van der Waals surface area contributed by atoms with Crippen molar-refractivity contribution < 1.29 is 0 Å². The van der Waals surface area contributed by atoms with E-state index in [-0.39, 0.29) is 0 Å². The Bertz CT molecular complexity index is 506. The summed E-state index contributed by atoms with van der Waals surface area (Å²) in [4.78, 5) is 7.71. The van der Waals surface area contributed by atoms with Crippen molar-refractivity contribution in [2.45, 2.75) is 33.7 Å². The lowest BCUT2D eigenvalue weighted by Gasteiger charge is -2.03. The zero-order valence-corrected chi connectivity index (χ0v) is 10.7. The Balaban J connectivity index is 2.27. The van der Waals surface area contributed by atoms with Gasteiger partial charge in [-0.25, -0.2) is 4.98 Å². The van der Waals surface area contributed by atoms with Gasteiger partial charge in [0.25, 0.3) is 0 Å². The monoisotopic (exact) mass is 229 g/mol. The van der Waals surface area contributed by atoms with Gasteiger partial charge in [-0.1, -0.05) is 29.3 Å². The molecule has 0 amide bonds. The van der Waals surface area contributed by atoms with Crippen molar-refractivity contribution in [3.8, 4) is 0 Å². The number of aryl methyl sites for hydroxylation is 3. The van der Waals surface area contributed by atoms with Crippen molar-refractivity contribution in [1.29, 1.82) is 0 Å². The Hall–Kier alpha value is -1.61. The first-order chi connectivity index (χ1) is 8.08. The fraction of sp³-hybridized carbons (Fsp3) is 0.357. The van der Waals surface area contributed by atoms with Gasteiger partial charge < -0.3 is 10.7 Å². The average Bonchev–Trinajstić information content (AvgIpc) is 2.58. The number of aromatic amines is 1. The molecule has 0 aliphatic heterocycles. The van der Waals surface area contributed by atoms with E-state index in [1.54, 1.807) is 0 Å². The summed E-state index contributed by atoms with van der Waals surface area (Å²) >= 11 is 0. The molecule has 3 heteroatoms. The van der Waals surface area contributed by atoms with Crippen molar-refractivity contribution in [3.05, 3.63) is 52.1 Å². The van der Waals surface area contributed by atoms with Gasteiger partial charge in [0.2, 0.25) is 0 Å². The number of aromatic nitrogens is 2. The van der Waals surface area contributed by atoms with Gasteiger partial charge in [0.05, 0.1) is 12.2 Å². The molecule has 90 valence electrons. The van der Waals surface area contributed by atoms with Gasteiger partial charge in [-0.3, -0.25) is 0 Å². The molecule has 2 rings (SSSR count). The second kappa shape index (κ2) is 4.72. The number of benzene rings is 1. The van der Waals surface area contributed by atoms with Crippen molar-refractivity contribution in [2.75, 3.05) is 0 Å². The van der Waals surface area contributed by atoms with Crippen LogP contribution >= 0.6 is 0 Å². The number of nitrogens with zero attached hydrogens (tertiary/aromatic N) is 1. The maximum Gasteiger partial charge on any atom is 0.120 e. The van der Waals surface area contributed by atoms with Gasteiger partial charge in [0.1, 0.15) is 5.82 Å². The molecule has 0 bridgehead atoms. The SMILES string of the molecule is Cc1cc(C)cc(Cc2nc(CN)[nH]c2C)c1. The highest BCUT2D eigenvalue weighted by Gasteiger charge is 2.07. The zero-order valence-electron chi connectivity index (χ0n) is 10.7. The van der Waals surface area contributed by atoms with Crippen LogP contribution in [0.2, 0.25) is 0 Å². The number of imidazole rings is 1. The third-order valence-corrected chi connectivity index (χ3v) is 2.88. The summed E-state index contributed by atoms with van der Waals surface area (Å²) in [6.07, 6.45) is 0.866. The molecule has 0 atom stereocenters. The van der Waals surface area contributed by atoms with E-state index < -0.39 is 0 Å². The highest BCUT2D eigenvalue weighted by atomic mass is 14.9. The number of hydrogen-bond donors (Lipinski definition) is 2. The number of nitrogens with one attached hydrogen (secondary N) is 1. The van der Waals surface area contributed by atoms with Crippen LogP contribution in [0.3, 0.4) is 0 Å². The number of hydrogen-bond acceptors (Lipinski definition) is 2. The molecule has 1 aromatic carbocycles. The normalized spacial score (nSPS) is 10.8. The maximum atomic E-state index is 5.58. The van der Waals surface area contributed by atoms with Crippen molar-refractivity contribution in [3.63, 3.8) is 0 Å². The van der Waals surface area contributed by atoms with Crippen LogP contribution in [0, 0.1) is 20.8 Å². The lowest BCUT2D eigenvalue weighted by Crippen LogP contribution is -1.98. The predicted octanol–water partition coefficient (Wildman–Crippen LogP) is 2.38. The molecule has 0 unspecified atom stereocenters. The smallest absolute Gasteiger partial charge is 0.120 e. The van der Waals surface area contributed by atoms with Crippen LogP contribution in [-0.4, -0.2) is 9.97 Å². The van der Waals surface area contributed by atoms with Crippen LogP contribution < -0.4 is 5.73 Å². The number of rotatable bonds is 3. The molecule has 0 radical (unpaired) electrons. The molecule has 0 saturated carbocycles. The lowest BCUT2D eigenvalue weighted by atomic mass is 10.0. The van der Waals surface area contributed by atoms with Crippen LogP contribution in [0.4, 0.5) is 0 Å². The van der Waals surface area contributed by atoms with Gasteiger partial charge in [-0.2, -0.15) is 0 Å². The van der Waals surface area contributed by atoms with Crippen molar-refractivity contribution in [1.82, 2.24) is 9.97 Å². The van der Waals surface area contributed by atoms with E-state index in [1.165, 1.54) is 16.7 Å². The summed E-state index contributed by atoms with van der Waals surface area (Å²) in [6, 6.07) is 6.61. The molecule has 3 nitrogen and oxygen atoms in total. The molecular weight excluding hydrogens is 210 g/mol. The molecule has 17 heavy (non-hydrogen) atoms. The maximum absolute atomic E-state index is 5.58. The standard InChI is InChI=1S/C14H19N3/c1-9-4-10(2)6-12(5-9)7-13-11(3)16-14(8-15)17-13/h4-6H,7-8,15H2,1-3H3,(H,16,17). The molecule has 0 aliphatic carbocycles. The van der Waals surface area contributed by atoms with E-state index in [4.69, 9.17) is 5.73 Å². The minimum atomic E-state index is 0.466. The summed E-state index contributed by atoms with van der Waals surface area (Å²) in [5.41, 5.74) is 11.7. The Kier molecular flexibility index (Phi) is 3.29. The summed E-state index contributed by atoms with van der Waals surface area (Å²) < 4.78 is 0. The third kappa shape index (κ3) is 2.74. The molecule has 3 N–H and O–H groups in total. The van der Waals surface area contributed by atoms with E-state index in [0.717, 1.165) is 23.6 Å². The average molecular weight is 229 g/mol. The Morgan fingerprint density at radius 3 is 2.29 bits per heavy atom. The van der Waals surface area contributed by atoms with Crippen LogP contribution in [0.5, 0.6) is 0 Å². The van der Waals surface area contributed by atoms with Crippen LogP contribution in [-0.2, 0) is 13.0 Å². The topological polar surface area (TPSA) is 54.7 Å². The first kappa shape index (κ1) is 11.9. The summed E-state index contributed by atoms with van der Waals surface area (Å²) in [7, 11) is 0. The second-order valence-electron chi connectivity index (χ2n) is 4.63. The molecular formula is C14H19N3.